The zero-order chi connectivity index (χ0) is 25.8. The van der Waals surface area contributed by atoms with E-state index >= 15 is 0 Å². The smallest absolute Gasteiger partial charge is 0.270 e. The van der Waals surface area contributed by atoms with Gasteiger partial charge in [0.1, 0.15) is 7.05 Å². The predicted molar refractivity (Wildman–Crippen MR) is 143 cm³/mol. The van der Waals surface area contributed by atoms with Crippen LogP contribution in [-0.2, 0) is 7.05 Å². The second-order valence-electron chi connectivity index (χ2n) is 8.43. The molecule has 5 aromatic rings. The minimum Gasteiger partial charge on any atom is -1.00 e. The summed E-state index contributed by atoms with van der Waals surface area (Å²) in [4.78, 5) is 27.9. The fourth-order valence-electron chi connectivity index (χ4n) is 3.85. The fourth-order valence-corrected chi connectivity index (χ4v) is 3.85. The van der Waals surface area contributed by atoms with E-state index in [1.165, 1.54) is 12.1 Å². The average molecular weight is 527 g/mol. The molecule has 3 aromatic carbocycles. The minimum absolute atomic E-state index is 0. The molecule has 0 radical (unpaired) electrons. The first-order valence-electron chi connectivity index (χ1n) is 11.5. The second-order valence-corrected chi connectivity index (χ2v) is 8.43. The van der Waals surface area contributed by atoms with Crippen molar-refractivity contribution < 1.29 is 26.7 Å². The summed E-state index contributed by atoms with van der Waals surface area (Å²) in [5.41, 5.74) is 5.02. The van der Waals surface area contributed by atoms with Crippen LogP contribution in [0.15, 0.2) is 104 Å². The van der Waals surface area contributed by atoms with Crippen molar-refractivity contribution in [1.82, 2.24) is 4.98 Å². The van der Waals surface area contributed by atoms with Gasteiger partial charge in [-0.15, -0.1) is 0 Å². The number of aromatic nitrogens is 2. The Bertz CT molecular complexity index is 1610. The summed E-state index contributed by atoms with van der Waals surface area (Å²) in [6.07, 6.45) is 5.54. The number of halogens is 1. The number of carbonyl (C=O) groups excluding carboxylic acids is 1. The number of amides is 1. The molecule has 1 amide bonds. The molecular formula is C28H23ClN6O3. The molecule has 0 fully saturated rings. The molecule has 0 atom stereocenters. The van der Waals surface area contributed by atoms with E-state index in [2.05, 4.69) is 20.9 Å². The molecule has 190 valence electrons. The van der Waals surface area contributed by atoms with Crippen LogP contribution < -0.4 is 32.9 Å². The van der Waals surface area contributed by atoms with Gasteiger partial charge in [-0.2, -0.15) is 0 Å². The summed E-state index contributed by atoms with van der Waals surface area (Å²) in [5, 5.41) is 21.3. The fraction of sp³-hybridized carbons (Fsp3) is 0.0357. The summed E-state index contributed by atoms with van der Waals surface area (Å²) >= 11 is 0. The molecule has 0 bridgehead atoms. The summed E-state index contributed by atoms with van der Waals surface area (Å²) in [6, 6.07) is 24.7. The highest BCUT2D eigenvalue weighted by Gasteiger charge is 2.11. The molecule has 0 unspecified atom stereocenters. The number of hydrogen-bond donors (Lipinski definition) is 3. The maximum Gasteiger partial charge on any atom is 0.270 e. The number of pyridine rings is 2. The lowest BCUT2D eigenvalue weighted by Crippen LogP contribution is -3.00. The predicted octanol–water partition coefficient (Wildman–Crippen LogP) is 2.71. The highest BCUT2D eigenvalue weighted by Crippen LogP contribution is 2.28. The number of carbonyl (C=O) groups is 1. The number of nitrogens with zero attached hydrogens (tertiary/aromatic N) is 3. The number of nitrogens with one attached hydrogen (secondary N) is 3. The summed E-state index contributed by atoms with van der Waals surface area (Å²) in [7, 11) is 1.96. The minimum atomic E-state index is -0.433. The van der Waals surface area contributed by atoms with Crippen LogP contribution in [0.5, 0.6) is 0 Å². The normalized spacial score (nSPS) is 10.3. The van der Waals surface area contributed by atoms with Gasteiger partial charge in [-0.3, -0.25) is 19.9 Å². The number of non-ortho nitro benzene ring substituents is 1. The SMILES string of the molecule is C[n+]1ccc(Nc2cccc(NC(=O)c3ccc(Nc4ccnc5ccc([N+](=O)[O-])cc45)cc3)c2)cc1.[Cl-]. The first-order chi connectivity index (χ1) is 17.9. The Hall–Kier alpha value is -5.02. The van der Waals surface area contributed by atoms with Crippen LogP contribution in [0.3, 0.4) is 0 Å². The van der Waals surface area contributed by atoms with Crippen molar-refractivity contribution in [2.75, 3.05) is 16.0 Å². The van der Waals surface area contributed by atoms with Crippen molar-refractivity contribution in [2.24, 2.45) is 7.05 Å². The van der Waals surface area contributed by atoms with Gasteiger partial charge in [0.25, 0.3) is 11.6 Å². The number of nitro groups is 1. The van der Waals surface area contributed by atoms with Gasteiger partial charge in [0.15, 0.2) is 12.4 Å². The lowest BCUT2D eigenvalue weighted by molar-refractivity contribution is -0.671. The third-order valence-electron chi connectivity index (χ3n) is 5.75. The summed E-state index contributed by atoms with van der Waals surface area (Å²) in [6.45, 7) is 0. The number of aryl methyl sites for hydroxylation is 1. The van der Waals surface area contributed by atoms with E-state index in [4.69, 9.17) is 0 Å². The van der Waals surface area contributed by atoms with Gasteiger partial charge in [-0.1, -0.05) is 6.07 Å². The highest BCUT2D eigenvalue weighted by atomic mass is 35.5. The van der Waals surface area contributed by atoms with Crippen molar-refractivity contribution in [1.29, 1.82) is 0 Å². The number of nitro benzene ring substituents is 1. The lowest BCUT2D eigenvalue weighted by atomic mass is 10.1. The molecular weight excluding hydrogens is 504 g/mol. The van der Waals surface area contributed by atoms with Crippen LogP contribution in [0.25, 0.3) is 10.9 Å². The van der Waals surface area contributed by atoms with Gasteiger partial charge in [-0.25, -0.2) is 4.57 Å². The maximum absolute atomic E-state index is 12.8. The largest absolute Gasteiger partial charge is 1.00 e. The third-order valence-corrected chi connectivity index (χ3v) is 5.75. The highest BCUT2D eigenvalue weighted by molar-refractivity contribution is 6.04. The van der Waals surface area contributed by atoms with Crippen LogP contribution >= 0.6 is 0 Å². The molecule has 2 aromatic heterocycles. The average Bonchev–Trinajstić information content (AvgIpc) is 2.90. The van der Waals surface area contributed by atoms with E-state index in [-0.39, 0.29) is 24.0 Å². The van der Waals surface area contributed by atoms with Crippen LogP contribution in [0.2, 0.25) is 0 Å². The Morgan fingerprint density at radius 3 is 2.29 bits per heavy atom. The molecule has 0 saturated heterocycles. The van der Waals surface area contributed by atoms with E-state index in [9.17, 15) is 14.9 Å². The Morgan fingerprint density at radius 2 is 1.55 bits per heavy atom. The van der Waals surface area contributed by atoms with Crippen LogP contribution in [-0.4, -0.2) is 15.8 Å². The zero-order valence-corrected chi connectivity index (χ0v) is 21.0. The molecule has 0 spiro atoms. The van der Waals surface area contributed by atoms with E-state index in [1.807, 2.05) is 60.4 Å². The van der Waals surface area contributed by atoms with Gasteiger partial charge in [0.05, 0.1) is 16.1 Å². The van der Waals surface area contributed by atoms with Crippen molar-refractivity contribution >= 4 is 50.9 Å². The third kappa shape index (κ3) is 6.03. The van der Waals surface area contributed by atoms with Gasteiger partial charge in [0, 0.05) is 64.2 Å². The van der Waals surface area contributed by atoms with Crippen molar-refractivity contribution in [3.63, 3.8) is 0 Å². The standard InChI is InChI=1S/C28H22N6O3.ClH/c1-33-15-12-21(13-16-33)30-22-3-2-4-23(17-22)32-28(35)19-5-7-20(8-6-19)31-27-11-14-29-26-10-9-24(34(36)37)18-25(26)27;/h2-18H,1H3,(H2,29,31,32,35);1H. The Kier molecular flexibility index (Phi) is 7.79. The van der Waals surface area contributed by atoms with Crippen LogP contribution in [0, 0.1) is 10.1 Å². The quantitative estimate of drug-likeness (QED) is 0.171. The first-order valence-corrected chi connectivity index (χ1v) is 11.5. The van der Waals surface area contributed by atoms with Gasteiger partial charge < -0.3 is 28.4 Å². The monoisotopic (exact) mass is 526 g/mol. The zero-order valence-electron chi connectivity index (χ0n) is 20.3. The molecule has 38 heavy (non-hydrogen) atoms. The van der Waals surface area contributed by atoms with Crippen molar-refractivity contribution in [3.8, 4) is 0 Å². The molecule has 9 nitrogen and oxygen atoms in total. The Balaban J connectivity index is 0.00000336. The molecule has 0 aliphatic heterocycles. The van der Waals surface area contributed by atoms with E-state index in [0.29, 0.717) is 27.8 Å². The Labute approximate surface area is 224 Å². The second kappa shape index (κ2) is 11.4. The molecule has 3 N–H and O–H groups in total. The van der Waals surface area contributed by atoms with E-state index < -0.39 is 4.92 Å². The topological polar surface area (TPSA) is 113 Å². The van der Waals surface area contributed by atoms with E-state index in [0.717, 1.165) is 17.1 Å². The summed E-state index contributed by atoms with van der Waals surface area (Å²) < 4.78 is 1.95. The first kappa shape index (κ1) is 26.1. The number of fused-ring (bicyclic) bond motifs is 1. The molecule has 0 aliphatic rings. The number of benzene rings is 3. The number of hydrogen-bond acceptors (Lipinski definition) is 6. The van der Waals surface area contributed by atoms with Crippen molar-refractivity contribution in [3.05, 3.63) is 119 Å². The van der Waals surface area contributed by atoms with Gasteiger partial charge in [-0.05, 0) is 54.6 Å². The maximum atomic E-state index is 12.8. The number of anilines is 5. The lowest BCUT2D eigenvalue weighted by Gasteiger charge is -2.11. The molecule has 2 heterocycles. The van der Waals surface area contributed by atoms with Gasteiger partial charge in [0.2, 0.25) is 0 Å². The summed E-state index contributed by atoms with van der Waals surface area (Å²) in [5.74, 6) is -0.236. The van der Waals surface area contributed by atoms with Crippen molar-refractivity contribution in [2.45, 2.75) is 0 Å². The van der Waals surface area contributed by atoms with Crippen LogP contribution in [0.4, 0.5) is 34.1 Å². The van der Waals surface area contributed by atoms with Gasteiger partial charge >= 0.3 is 0 Å². The molecule has 10 heteroatoms. The Morgan fingerprint density at radius 1 is 0.842 bits per heavy atom. The molecule has 0 saturated carbocycles. The van der Waals surface area contributed by atoms with Crippen LogP contribution in [0.1, 0.15) is 10.4 Å². The van der Waals surface area contributed by atoms with E-state index in [1.54, 1.807) is 42.6 Å². The molecule has 5 rings (SSSR count). The molecule has 0 aliphatic carbocycles. The number of rotatable bonds is 7.